The van der Waals surface area contributed by atoms with Gasteiger partial charge in [-0.1, -0.05) is 67.6 Å². The molecule has 0 saturated heterocycles. The van der Waals surface area contributed by atoms with E-state index in [1.165, 1.54) is 13.8 Å². The molecule has 0 radical (unpaired) electrons. The molecule has 8 heteroatoms. The zero-order valence-corrected chi connectivity index (χ0v) is 17.6. The smallest absolute Gasteiger partial charge is 0.407 e. The lowest BCUT2D eigenvalue weighted by Gasteiger charge is -2.37. The normalized spacial score (nSPS) is 14.2. The van der Waals surface area contributed by atoms with Gasteiger partial charge in [-0.25, -0.2) is 4.79 Å². The average Bonchev–Trinajstić information content (AvgIpc) is 2.78. The molecule has 0 aliphatic carbocycles. The van der Waals surface area contributed by atoms with Crippen LogP contribution in [-0.2, 0) is 22.6 Å². The van der Waals surface area contributed by atoms with E-state index in [-0.39, 0.29) is 19.6 Å². The predicted molar refractivity (Wildman–Crippen MR) is 113 cm³/mol. The number of rotatable bonds is 10. The Morgan fingerprint density at radius 2 is 1.58 bits per heavy atom. The monoisotopic (exact) mass is 434 g/mol. The van der Waals surface area contributed by atoms with Gasteiger partial charge in [-0.05, 0) is 30.9 Å². The molecule has 0 heterocycles. The first-order valence-electron chi connectivity index (χ1n) is 10.1. The SMILES string of the molecule is CC[C@](C)(NC(=O)OCc1ccccc1)C(O)C(F)(F)C(=O)NCCc1ccccc1. The molecule has 2 aromatic rings. The fourth-order valence-corrected chi connectivity index (χ4v) is 2.95. The molecule has 168 valence electrons. The van der Waals surface area contributed by atoms with Gasteiger partial charge in [0.05, 0.1) is 5.54 Å². The van der Waals surface area contributed by atoms with Crippen molar-refractivity contribution >= 4 is 12.0 Å². The van der Waals surface area contributed by atoms with E-state index in [1.807, 2.05) is 30.3 Å². The van der Waals surface area contributed by atoms with Crippen LogP contribution >= 0.6 is 0 Å². The Morgan fingerprint density at radius 1 is 1.03 bits per heavy atom. The number of aliphatic hydroxyl groups is 1. The standard InChI is InChI=1S/C23H28F2N2O4/c1-3-22(2,27-21(30)31-16-18-12-8-5-9-13-18)19(28)23(24,25)20(29)26-15-14-17-10-6-4-7-11-17/h4-13,19,28H,3,14-16H2,1-2H3,(H,26,29)(H,27,30)/t19?,22-/m0/s1. The van der Waals surface area contributed by atoms with Gasteiger partial charge in [0, 0.05) is 6.54 Å². The number of ether oxygens (including phenoxy) is 1. The summed E-state index contributed by atoms with van der Waals surface area (Å²) in [5.41, 5.74) is -0.180. The van der Waals surface area contributed by atoms with Crippen LogP contribution in [0.4, 0.5) is 13.6 Å². The molecule has 2 amide bonds. The van der Waals surface area contributed by atoms with Crippen molar-refractivity contribution in [3.05, 3.63) is 71.8 Å². The Hall–Kier alpha value is -3.00. The molecule has 3 N–H and O–H groups in total. The largest absolute Gasteiger partial charge is 0.445 e. The van der Waals surface area contributed by atoms with Gasteiger partial charge in [0.25, 0.3) is 5.91 Å². The molecule has 2 aromatic carbocycles. The first-order chi connectivity index (χ1) is 14.7. The van der Waals surface area contributed by atoms with Crippen molar-refractivity contribution in [2.24, 2.45) is 0 Å². The Morgan fingerprint density at radius 3 is 2.13 bits per heavy atom. The van der Waals surface area contributed by atoms with Crippen LogP contribution in [0.3, 0.4) is 0 Å². The highest BCUT2D eigenvalue weighted by atomic mass is 19.3. The summed E-state index contributed by atoms with van der Waals surface area (Å²) in [6.45, 7) is 2.69. The Bertz CT molecular complexity index is 849. The van der Waals surface area contributed by atoms with Gasteiger partial charge >= 0.3 is 12.0 Å². The van der Waals surface area contributed by atoms with Crippen LogP contribution in [0.1, 0.15) is 31.4 Å². The third kappa shape index (κ3) is 6.75. The number of carbonyl (C=O) groups excluding carboxylic acids is 2. The molecule has 0 saturated carbocycles. The molecular weight excluding hydrogens is 406 g/mol. The van der Waals surface area contributed by atoms with Crippen molar-refractivity contribution in [3.8, 4) is 0 Å². The molecule has 31 heavy (non-hydrogen) atoms. The van der Waals surface area contributed by atoms with Crippen LogP contribution < -0.4 is 10.6 Å². The maximum Gasteiger partial charge on any atom is 0.407 e. The number of nitrogens with one attached hydrogen (secondary N) is 2. The van der Waals surface area contributed by atoms with Crippen LogP contribution in [0, 0.1) is 0 Å². The molecule has 0 aliphatic heterocycles. The van der Waals surface area contributed by atoms with Crippen LogP contribution in [0.25, 0.3) is 0 Å². The first-order valence-corrected chi connectivity index (χ1v) is 10.1. The minimum atomic E-state index is -4.12. The molecule has 2 atom stereocenters. The lowest BCUT2D eigenvalue weighted by atomic mass is 9.87. The van der Waals surface area contributed by atoms with E-state index in [9.17, 15) is 23.5 Å². The highest BCUT2D eigenvalue weighted by Gasteiger charge is 2.54. The second-order valence-electron chi connectivity index (χ2n) is 7.47. The molecule has 2 rings (SSSR count). The number of alkyl carbamates (subject to hydrolysis) is 1. The number of halogens is 2. The van der Waals surface area contributed by atoms with Crippen LogP contribution in [0.2, 0.25) is 0 Å². The fraction of sp³-hybridized carbons (Fsp3) is 0.391. The topological polar surface area (TPSA) is 87.7 Å². The van der Waals surface area contributed by atoms with Crippen molar-refractivity contribution in [1.29, 1.82) is 0 Å². The number of aliphatic hydroxyl groups excluding tert-OH is 1. The van der Waals surface area contributed by atoms with E-state index >= 15 is 0 Å². The Balaban J connectivity index is 1.94. The third-order valence-corrected chi connectivity index (χ3v) is 5.13. The van der Waals surface area contributed by atoms with Crippen molar-refractivity contribution < 1.29 is 28.2 Å². The molecule has 0 fully saturated rings. The maximum absolute atomic E-state index is 14.7. The summed E-state index contributed by atoms with van der Waals surface area (Å²) in [5, 5.41) is 14.8. The van der Waals surface area contributed by atoms with Crippen LogP contribution in [-0.4, -0.2) is 41.2 Å². The summed E-state index contributed by atoms with van der Waals surface area (Å²) in [5.74, 6) is -5.72. The summed E-state index contributed by atoms with van der Waals surface area (Å²) >= 11 is 0. The van der Waals surface area contributed by atoms with E-state index in [4.69, 9.17) is 4.74 Å². The zero-order valence-electron chi connectivity index (χ0n) is 17.6. The minimum Gasteiger partial charge on any atom is -0.445 e. The second-order valence-corrected chi connectivity index (χ2v) is 7.47. The Kier molecular flexibility index (Phi) is 8.50. The highest BCUT2D eigenvalue weighted by Crippen LogP contribution is 2.29. The molecule has 0 bridgehead atoms. The van der Waals surface area contributed by atoms with Gasteiger partial charge in [-0.2, -0.15) is 8.78 Å². The lowest BCUT2D eigenvalue weighted by molar-refractivity contribution is -0.173. The number of amides is 2. The van der Waals surface area contributed by atoms with Gasteiger partial charge in [-0.3, -0.25) is 4.79 Å². The van der Waals surface area contributed by atoms with E-state index in [0.717, 1.165) is 11.1 Å². The van der Waals surface area contributed by atoms with E-state index in [0.29, 0.717) is 6.42 Å². The van der Waals surface area contributed by atoms with Gasteiger partial charge in [0.15, 0.2) is 0 Å². The van der Waals surface area contributed by atoms with Crippen LogP contribution in [0.5, 0.6) is 0 Å². The molecule has 0 spiro atoms. The van der Waals surface area contributed by atoms with Gasteiger partial charge < -0.3 is 20.5 Å². The highest BCUT2D eigenvalue weighted by molar-refractivity contribution is 5.84. The lowest BCUT2D eigenvalue weighted by Crippen LogP contribution is -2.64. The average molecular weight is 434 g/mol. The third-order valence-electron chi connectivity index (χ3n) is 5.13. The fourth-order valence-electron chi connectivity index (χ4n) is 2.95. The molecule has 0 aromatic heterocycles. The summed E-state index contributed by atoms with van der Waals surface area (Å²) in [6, 6.07) is 17.9. The molecule has 0 aliphatic rings. The first kappa shape index (κ1) is 24.3. The van der Waals surface area contributed by atoms with E-state index < -0.39 is 29.6 Å². The van der Waals surface area contributed by atoms with E-state index in [2.05, 4.69) is 10.6 Å². The molecular formula is C23H28F2N2O4. The number of benzene rings is 2. The Labute approximate surface area is 180 Å². The van der Waals surface area contributed by atoms with Crippen molar-refractivity contribution in [3.63, 3.8) is 0 Å². The molecule has 1 unspecified atom stereocenters. The number of alkyl halides is 2. The van der Waals surface area contributed by atoms with Gasteiger partial charge in [0.2, 0.25) is 0 Å². The summed E-state index contributed by atoms with van der Waals surface area (Å²) in [7, 11) is 0. The van der Waals surface area contributed by atoms with Crippen molar-refractivity contribution in [1.82, 2.24) is 10.6 Å². The summed E-state index contributed by atoms with van der Waals surface area (Å²) < 4.78 is 34.4. The zero-order chi connectivity index (χ0) is 22.9. The van der Waals surface area contributed by atoms with Crippen molar-refractivity contribution in [2.75, 3.05) is 6.54 Å². The minimum absolute atomic E-state index is 0.0134. The number of hydrogen-bond acceptors (Lipinski definition) is 4. The summed E-state index contributed by atoms with van der Waals surface area (Å²) in [6.07, 6.45) is -3.10. The summed E-state index contributed by atoms with van der Waals surface area (Å²) in [4.78, 5) is 24.2. The van der Waals surface area contributed by atoms with E-state index in [1.54, 1.807) is 30.3 Å². The number of hydrogen-bond donors (Lipinski definition) is 3. The second kappa shape index (κ2) is 10.9. The quantitative estimate of drug-likeness (QED) is 0.535. The number of carbonyl (C=O) groups is 2. The van der Waals surface area contributed by atoms with Crippen LogP contribution in [0.15, 0.2) is 60.7 Å². The maximum atomic E-state index is 14.7. The van der Waals surface area contributed by atoms with Gasteiger partial charge in [-0.15, -0.1) is 0 Å². The van der Waals surface area contributed by atoms with Crippen molar-refractivity contribution in [2.45, 2.75) is 50.9 Å². The predicted octanol–water partition coefficient (Wildman–Crippen LogP) is 3.44. The van der Waals surface area contributed by atoms with Gasteiger partial charge in [0.1, 0.15) is 12.7 Å². The molecule has 6 nitrogen and oxygen atoms in total.